The first-order valence-electron chi connectivity index (χ1n) is 5.73. The van der Waals surface area contributed by atoms with E-state index >= 15 is 0 Å². The van der Waals surface area contributed by atoms with Crippen molar-refractivity contribution in [2.45, 2.75) is 25.8 Å². The highest BCUT2D eigenvalue weighted by Gasteiger charge is 2.19. The zero-order valence-corrected chi connectivity index (χ0v) is 9.56. The van der Waals surface area contributed by atoms with Crippen LogP contribution in [-0.2, 0) is 4.74 Å². The number of ether oxygens (including phenoxy) is 1. The van der Waals surface area contributed by atoms with Crippen LogP contribution < -0.4 is 10.6 Å². The van der Waals surface area contributed by atoms with Crippen LogP contribution in [0.2, 0.25) is 0 Å². The van der Waals surface area contributed by atoms with Gasteiger partial charge in [-0.15, -0.1) is 0 Å². The predicted molar refractivity (Wildman–Crippen MR) is 59.2 cm³/mol. The van der Waals surface area contributed by atoms with Gasteiger partial charge in [-0.05, 0) is 11.6 Å². The summed E-state index contributed by atoms with van der Waals surface area (Å²) in [4.78, 5) is 6.37. The van der Waals surface area contributed by atoms with E-state index in [2.05, 4.69) is 22.0 Å². The molecule has 16 heavy (non-hydrogen) atoms. The smallest absolute Gasteiger partial charge is 0.266 e. The number of hydrogen-bond donors (Lipinski definition) is 1. The maximum absolute atomic E-state index is 5.91. The Bertz CT molecular complexity index is 322. The molecule has 0 aliphatic carbocycles. The van der Waals surface area contributed by atoms with Gasteiger partial charge in [0.2, 0.25) is 5.89 Å². The normalized spacial score (nSPS) is 18.8. The molecule has 0 unspecified atom stereocenters. The highest BCUT2D eigenvalue weighted by atomic mass is 16.5. The Kier molecular flexibility index (Phi) is 3.74. The van der Waals surface area contributed by atoms with Crippen LogP contribution in [0.1, 0.15) is 31.7 Å². The Hall–Kier alpha value is -1.14. The summed E-state index contributed by atoms with van der Waals surface area (Å²) in [6.07, 6.45) is 1.88. The molecule has 1 aromatic heterocycles. The Morgan fingerprint density at radius 2 is 2.19 bits per heavy atom. The number of anilines is 1. The van der Waals surface area contributed by atoms with Crippen LogP contribution in [0, 0.1) is 0 Å². The number of rotatable bonds is 4. The van der Waals surface area contributed by atoms with E-state index in [1.807, 2.05) is 0 Å². The van der Waals surface area contributed by atoms with E-state index in [4.69, 9.17) is 15.0 Å². The summed E-state index contributed by atoms with van der Waals surface area (Å²) in [6, 6.07) is -0.146. The summed E-state index contributed by atoms with van der Waals surface area (Å²) >= 11 is 0. The third-order valence-electron chi connectivity index (χ3n) is 2.64. The molecule has 6 heteroatoms. The average Bonchev–Trinajstić information content (AvgIpc) is 2.80. The van der Waals surface area contributed by atoms with E-state index in [1.165, 1.54) is 0 Å². The molecule has 0 aromatic carbocycles. The van der Waals surface area contributed by atoms with Gasteiger partial charge in [0, 0.05) is 13.1 Å². The van der Waals surface area contributed by atoms with Gasteiger partial charge in [0.1, 0.15) is 0 Å². The minimum absolute atomic E-state index is 0.146. The van der Waals surface area contributed by atoms with Crippen molar-refractivity contribution in [2.75, 3.05) is 31.2 Å². The molecule has 1 fully saturated rings. The molecule has 2 heterocycles. The molecular weight excluding hydrogens is 208 g/mol. The van der Waals surface area contributed by atoms with Crippen molar-refractivity contribution in [3.05, 3.63) is 5.89 Å². The van der Waals surface area contributed by atoms with Gasteiger partial charge in [0.25, 0.3) is 5.95 Å². The lowest BCUT2D eigenvalue weighted by molar-refractivity contribution is 0.121. The molecule has 0 radical (unpaired) electrons. The second-order valence-electron chi connectivity index (χ2n) is 3.93. The van der Waals surface area contributed by atoms with E-state index in [1.54, 1.807) is 0 Å². The van der Waals surface area contributed by atoms with Crippen LogP contribution in [0.15, 0.2) is 4.52 Å². The molecular formula is C10H18N4O2. The molecule has 0 saturated carbocycles. The first kappa shape index (κ1) is 11.3. The number of hydrogen-bond acceptors (Lipinski definition) is 6. The van der Waals surface area contributed by atoms with Gasteiger partial charge in [-0.25, -0.2) is 0 Å². The Balaban J connectivity index is 2.00. The van der Waals surface area contributed by atoms with Crippen molar-refractivity contribution in [1.29, 1.82) is 0 Å². The number of nitrogens with zero attached hydrogens (tertiary/aromatic N) is 3. The number of nitrogens with two attached hydrogens (primary N) is 1. The van der Waals surface area contributed by atoms with Crippen molar-refractivity contribution >= 4 is 5.95 Å². The second kappa shape index (κ2) is 5.27. The lowest BCUT2D eigenvalue weighted by atomic mass is 10.2. The largest absolute Gasteiger partial charge is 0.378 e. The standard InChI is InChI=1S/C10H18N4O2/c1-2-3-8(11)9-12-10(13-16-9)14-4-6-15-7-5-14/h8H,2-7,11H2,1H3/t8-/m1/s1. The molecule has 2 N–H and O–H groups in total. The lowest BCUT2D eigenvalue weighted by Gasteiger charge is -2.24. The highest BCUT2D eigenvalue weighted by Crippen LogP contribution is 2.17. The molecule has 1 aliphatic heterocycles. The van der Waals surface area contributed by atoms with E-state index in [9.17, 15) is 0 Å². The predicted octanol–water partition coefficient (Wildman–Crippen LogP) is 0.706. The van der Waals surface area contributed by atoms with E-state index in [0.29, 0.717) is 25.1 Å². The van der Waals surface area contributed by atoms with Gasteiger partial charge in [-0.3, -0.25) is 0 Å². The van der Waals surface area contributed by atoms with Gasteiger partial charge in [0.05, 0.1) is 19.3 Å². The number of aromatic nitrogens is 2. The Labute approximate surface area is 94.7 Å². The zero-order chi connectivity index (χ0) is 11.4. The van der Waals surface area contributed by atoms with Crippen molar-refractivity contribution in [3.63, 3.8) is 0 Å². The molecule has 0 spiro atoms. The van der Waals surface area contributed by atoms with Crippen molar-refractivity contribution < 1.29 is 9.26 Å². The average molecular weight is 226 g/mol. The fourth-order valence-electron chi connectivity index (χ4n) is 1.70. The molecule has 1 atom stereocenters. The SMILES string of the molecule is CCC[C@@H](N)c1nc(N2CCOCC2)no1. The third-order valence-corrected chi connectivity index (χ3v) is 2.64. The summed E-state index contributed by atoms with van der Waals surface area (Å²) in [5.74, 6) is 1.16. The maximum Gasteiger partial charge on any atom is 0.266 e. The second-order valence-corrected chi connectivity index (χ2v) is 3.93. The summed E-state index contributed by atoms with van der Waals surface area (Å²) < 4.78 is 10.4. The minimum Gasteiger partial charge on any atom is -0.378 e. The lowest BCUT2D eigenvalue weighted by Crippen LogP contribution is -2.36. The summed E-state index contributed by atoms with van der Waals surface area (Å²) in [7, 11) is 0. The Morgan fingerprint density at radius 3 is 2.88 bits per heavy atom. The van der Waals surface area contributed by atoms with Crippen LogP contribution in [0.3, 0.4) is 0 Å². The van der Waals surface area contributed by atoms with Crippen LogP contribution in [0.5, 0.6) is 0 Å². The van der Waals surface area contributed by atoms with Crippen molar-refractivity contribution in [3.8, 4) is 0 Å². The van der Waals surface area contributed by atoms with Crippen molar-refractivity contribution in [1.82, 2.24) is 10.1 Å². The quantitative estimate of drug-likeness (QED) is 0.814. The van der Waals surface area contributed by atoms with Crippen LogP contribution in [0.4, 0.5) is 5.95 Å². The fraction of sp³-hybridized carbons (Fsp3) is 0.800. The Morgan fingerprint density at radius 1 is 1.44 bits per heavy atom. The third kappa shape index (κ3) is 2.51. The van der Waals surface area contributed by atoms with Gasteiger partial charge in [-0.1, -0.05) is 13.3 Å². The van der Waals surface area contributed by atoms with Crippen molar-refractivity contribution in [2.24, 2.45) is 5.73 Å². The van der Waals surface area contributed by atoms with E-state index < -0.39 is 0 Å². The van der Waals surface area contributed by atoms with E-state index in [0.717, 1.165) is 25.9 Å². The topological polar surface area (TPSA) is 77.4 Å². The monoisotopic (exact) mass is 226 g/mol. The first-order chi connectivity index (χ1) is 7.81. The van der Waals surface area contributed by atoms with Crippen LogP contribution in [0.25, 0.3) is 0 Å². The summed E-state index contributed by atoms with van der Waals surface area (Å²) in [6.45, 7) is 5.12. The minimum atomic E-state index is -0.146. The van der Waals surface area contributed by atoms with Gasteiger partial charge >= 0.3 is 0 Å². The first-order valence-corrected chi connectivity index (χ1v) is 5.73. The molecule has 90 valence electrons. The molecule has 1 aliphatic rings. The summed E-state index contributed by atoms with van der Waals surface area (Å²) in [5, 5.41) is 3.95. The van der Waals surface area contributed by atoms with Gasteiger partial charge in [0.15, 0.2) is 0 Å². The molecule has 6 nitrogen and oxygen atoms in total. The molecule has 1 saturated heterocycles. The summed E-state index contributed by atoms with van der Waals surface area (Å²) in [5.41, 5.74) is 5.91. The van der Waals surface area contributed by atoms with Crippen LogP contribution >= 0.6 is 0 Å². The highest BCUT2D eigenvalue weighted by molar-refractivity contribution is 5.28. The maximum atomic E-state index is 5.91. The number of morpholine rings is 1. The van der Waals surface area contributed by atoms with Crippen LogP contribution in [-0.4, -0.2) is 36.4 Å². The molecule has 1 aromatic rings. The van der Waals surface area contributed by atoms with Gasteiger partial charge in [-0.2, -0.15) is 4.98 Å². The molecule has 0 amide bonds. The molecule has 2 rings (SSSR count). The molecule has 0 bridgehead atoms. The van der Waals surface area contributed by atoms with E-state index in [-0.39, 0.29) is 6.04 Å². The zero-order valence-electron chi connectivity index (χ0n) is 9.56. The fourth-order valence-corrected chi connectivity index (χ4v) is 1.70. The van der Waals surface area contributed by atoms with Gasteiger partial charge < -0.3 is 19.9 Å².